The van der Waals surface area contributed by atoms with E-state index in [1.165, 1.54) is 12.1 Å². The highest BCUT2D eigenvalue weighted by Gasteiger charge is 2.13. The molecule has 0 unspecified atom stereocenters. The van der Waals surface area contributed by atoms with E-state index in [0.717, 1.165) is 11.1 Å². The highest BCUT2D eigenvalue weighted by atomic mass is 16.3. The van der Waals surface area contributed by atoms with Gasteiger partial charge < -0.3 is 10.2 Å². The van der Waals surface area contributed by atoms with Crippen LogP contribution < -0.4 is 0 Å². The van der Waals surface area contributed by atoms with E-state index in [4.69, 9.17) is 0 Å². The van der Waals surface area contributed by atoms with Gasteiger partial charge >= 0.3 is 0 Å². The molecule has 2 aromatic carbocycles. The van der Waals surface area contributed by atoms with Crippen molar-refractivity contribution in [2.45, 2.75) is 20.3 Å². The Balaban J connectivity index is 2.49. The van der Waals surface area contributed by atoms with E-state index in [1.54, 1.807) is 26.0 Å². The summed E-state index contributed by atoms with van der Waals surface area (Å²) < 4.78 is 0. The van der Waals surface area contributed by atoms with E-state index in [2.05, 4.69) is 0 Å². The van der Waals surface area contributed by atoms with Crippen molar-refractivity contribution in [3.8, 4) is 11.5 Å². The summed E-state index contributed by atoms with van der Waals surface area (Å²) in [6.07, 6.45) is 1.78. The zero-order valence-corrected chi connectivity index (χ0v) is 11.9. The first-order valence-corrected chi connectivity index (χ1v) is 6.52. The summed E-state index contributed by atoms with van der Waals surface area (Å²) in [5.74, 6) is -0.0792. The minimum absolute atomic E-state index is 0.0396. The first kappa shape index (κ1) is 14.8. The Bertz CT molecular complexity index is 656. The van der Waals surface area contributed by atoms with Gasteiger partial charge in [-0.05, 0) is 54.7 Å². The van der Waals surface area contributed by atoms with Crippen molar-refractivity contribution in [2.24, 2.45) is 0 Å². The Morgan fingerprint density at radius 2 is 1.19 bits per heavy atom. The minimum Gasteiger partial charge on any atom is -0.507 e. The van der Waals surface area contributed by atoms with Gasteiger partial charge in [0.15, 0.2) is 12.6 Å². The van der Waals surface area contributed by atoms with Gasteiger partial charge in [-0.3, -0.25) is 9.59 Å². The van der Waals surface area contributed by atoms with Crippen LogP contribution in [0.1, 0.15) is 43.0 Å². The van der Waals surface area contributed by atoms with Crippen molar-refractivity contribution in [1.29, 1.82) is 0 Å². The Kier molecular flexibility index (Phi) is 4.08. The van der Waals surface area contributed by atoms with Gasteiger partial charge in [-0.25, -0.2) is 0 Å². The van der Waals surface area contributed by atoms with Crippen LogP contribution in [0.5, 0.6) is 11.5 Å². The summed E-state index contributed by atoms with van der Waals surface area (Å²) in [7, 11) is 0. The van der Waals surface area contributed by atoms with Crippen LogP contribution in [0.2, 0.25) is 0 Å². The number of aromatic hydroxyl groups is 2. The smallest absolute Gasteiger partial charge is 0.154 e. The van der Waals surface area contributed by atoms with E-state index < -0.39 is 0 Å². The van der Waals surface area contributed by atoms with Gasteiger partial charge in [0, 0.05) is 0 Å². The van der Waals surface area contributed by atoms with Gasteiger partial charge in [0.05, 0.1) is 11.1 Å². The molecule has 0 amide bonds. The molecule has 0 atom stereocenters. The lowest BCUT2D eigenvalue weighted by molar-refractivity contribution is 0.111. The Morgan fingerprint density at radius 3 is 1.52 bits per heavy atom. The molecule has 108 valence electrons. The van der Waals surface area contributed by atoms with Crippen LogP contribution >= 0.6 is 0 Å². The monoisotopic (exact) mass is 284 g/mol. The number of benzene rings is 2. The number of phenols is 2. The largest absolute Gasteiger partial charge is 0.507 e. The molecule has 0 aromatic heterocycles. The second-order valence-electron chi connectivity index (χ2n) is 4.98. The summed E-state index contributed by atoms with van der Waals surface area (Å²) in [6, 6.07) is 6.49. The molecular formula is C17H16O4. The van der Waals surface area contributed by atoms with E-state index in [0.29, 0.717) is 30.1 Å². The van der Waals surface area contributed by atoms with E-state index in [-0.39, 0.29) is 22.6 Å². The molecule has 4 heteroatoms. The predicted molar refractivity (Wildman–Crippen MR) is 79.3 cm³/mol. The molecule has 0 bridgehead atoms. The fourth-order valence-electron chi connectivity index (χ4n) is 2.40. The molecule has 2 aromatic rings. The number of aldehydes is 2. The third kappa shape index (κ3) is 2.65. The zero-order chi connectivity index (χ0) is 15.6. The van der Waals surface area contributed by atoms with Crippen molar-refractivity contribution in [3.05, 3.63) is 57.6 Å². The highest BCUT2D eigenvalue weighted by Crippen LogP contribution is 2.28. The average molecular weight is 284 g/mol. The number of phenolic OH excluding ortho intramolecular Hbond substituents is 2. The maximum Gasteiger partial charge on any atom is 0.154 e. The van der Waals surface area contributed by atoms with Crippen LogP contribution in [0, 0.1) is 13.8 Å². The van der Waals surface area contributed by atoms with Crippen LogP contribution in [-0.2, 0) is 6.42 Å². The van der Waals surface area contributed by atoms with Crippen LogP contribution in [0.25, 0.3) is 0 Å². The van der Waals surface area contributed by atoms with Crippen LogP contribution in [0.4, 0.5) is 0 Å². The van der Waals surface area contributed by atoms with Crippen LogP contribution in [-0.4, -0.2) is 22.8 Å². The van der Waals surface area contributed by atoms with Gasteiger partial charge in [0.25, 0.3) is 0 Å². The Hall–Kier alpha value is -2.62. The number of rotatable bonds is 4. The fourth-order valence-corrected chi connectivity index (χ4v) is 2.40. The molecule has 2 N–H and O–H groups in total. The molecule has 0 aliphatic heterocycles. The molecule has 0 aliphatic carbocycles. The molecule has 0 radical (unpaired) electrons. The molecule has 0 fully saturated rings. The maximum atomic E-state index is 11.0. The van der Waals surface area contributed by atoms with Crippen molar-refractivity contribution in [1.82, 2.24) is 0 Å². The van der Waals surface area contributed by atoms with Gasteiger partial charge in [-0.15, -0.1) is 0 Å². The van der Waals surface area contributed by atoms with Crippen LogP contribution in [0.15, 0.2) is 24.3 Å². The molecular weight excluding hydrogens is 268 g/mol. The fraction of sp³-hybridized carbons (Fsp3) is 0.176. The third-order valence-electron chi connectivity index (χ3n) is 3.82. The molecule has 2 rings (SSSR count). The SMILES string of the molecule is Cc1c(Cc2ccc(O)c(C=O)c2C)ccc(O)c1C=O. The summed E-state index contributed by atoms with van der Waals surface area (Å²) in [5.41, 5.74) is 3.76. The lowest BCUT2D eigenvalue weighted by atomic mass is 9.92. The predicted octanol–water partition coefficient (Wildman–Crippen LogP) is 2.93. The highest BCUT2D eigenvalue weighted by molar-refractivity contribution is 5.83. The normalized spacial score (nSPS) is 10.4. The lowest BCUT2D eigenvalue weighted by Crippen LogP contribution is -2.00. The van der Waals surface area contributed by atoms with Crippen molar-refractivity contribution >= 4 is 12.6 Å². The van der Waals surface area contributed by atoms with Crippen LogP contribution in [0.3, 0.4) is 0 Å². The van der Waals surface area contributed by atoms with Crippen molar-refractivity contribution < 1.29 is 19.8 Å². The number of hydrogen-bond donors (Lipinski definition) is 2. The Labute approximate surface area is 122 Å². The first-order chi connectivity index (χ1) is 9.99. The third-order valence-corrected chi connectivity index (χ3v) is 3.82. The second-order valence-corrected chi connectivity index (χ2v) is 4.98. The number of hydrogen-bond acceptors (Lipinski definition) is 4. The van der Waals surface area contributed by atoms with Gasteiger partial charge in [-0.1, -0.05) is 12.1 Å². The topological polar surface area (TPSA) is 74.6 Å². The lowest BCUT2D eigenvalue weighted by Gasteiger charge is -2.13. The summed E-state index contributed by atoms with van der Waals surface area (Å²) >= 11 is 0. The number of carbonyl (C=O) groups excluding carboxylic acids is 2. The van der Waals surface area contributed by atoms with E-state index in [1.807, 2.05) is 0 Å². The molecule has 0 spiro atoms. The summed E-state index contributed by atoms with van der Waals surface area (Å²) in [5, 5.41) is 19.3. The Morgan fingerprint density at radius 1 is 0.810 bits per heavy atom. The molecule has 0 heterocycles. The van der Waals surface area contributed by atoms with E-state index in [9.17, 15) is 19.8 Å². The van der Waals surface area contributed by atoms with Crippen molar-refractivity contribution in [2.75, 3.05) is 0 Å². The summed E-state index contributed by atoms with van der Waals surface area (Å²) in [6.45, 7) is 3.55. The zero-order valence-electron chi connectivity index (χ0n) is 11.9. The minimum atomic E-state index is -0.0396. The maximum absolute atomic E-state index is 11.0. The van der Waals surface area contributed by atoms with Crippen molar-refractivity contribution in [3.63, 3.8) is 0 Å². The molecule has 4 nitrogen and oxygen atoms in total. The standard InChI is InChI=1S/C17H16O4/c1-10-12(3-5-16(20)14(10)8-18)7-13-4-6-17(21)15(9-19)11(13)2/h3-6,8-9,20-21H,7H2,1-2H3. The van der Waals surface area contributed by atoms with E-state index >= 15 is 0 Å². The first-order valence-electron chi connectivity index (χ1n) is 6.52. The van der Waals surface area contributed by atoms with Gasteiger partial charge in [0.2, 0.25) is 0 Å². The molecule has 0 saturated carbocycles. The van der Waals surface area contributed by atoms with Gasteiger partial charge in [-0.2, -0.15) is 0 Å². The molecule has 0 aliphatic rings. The second kappa shape index (κ2) is 5.79. The number of carbonyl (C=O) groups is 2. The van der Waals surface area contributed by atoms with Gasteiger partial charge in [0.1, 0.15) is 11.5 Å². The average Bonchev–Trinajstić information content (AvgIpc) is 2.45. The quantitative estimate of drug-likeness (QED) is 0.846. The molecule has 21 heavy (non-hydrogen) atoms. The summed E-state index contributed by atoms with van der Waals surface area (Å²) in [4.78, 5) is 22.1. The molecule has 0 saturated heterocycles.